The molecule has 6 nitrogen and oxygen atoms in total. The van der Waals surface area contributed by atoms with E-state index in [9.17, 15) is 4.79 Å². The molecule has 1 saturated heterocycles. The van der Waals surface area contributed by atoms with E-state index in [1.807, 2.05) is 49.1 Å². The average Bonchev–Trinajstić information content (AvgIpc) is 2.96. The van der Waals surface area contributed by atoms with Gasteiger partial charge < -0.3 is 10.6 Å². The normalized spacial score (nSPS) is 16.4. The molecule has 3 rings (SSSR count). The molecule has 136 valence electrons. The largest absolute Gasteiger partial charge is 0.342 e. The van der Waals surface area contributed by atoms with Crippen LogP contribution in [0.4, 0.5) is 0 Å². The first kappa shape index (κ1) is 19.4. The van der Waals surface area contributed by atoms with E-state index in [1.165, 1.54) is 0 Å². The van der Waals surface area contributed by atoms with Crippen molar-refractivity contribution in [1.82, 2.24) is 19.9 Å². The Morgan fingerprint density at radius 3 is 2.52 bits per heavy atom. The molecule has 2 heterocycles. The average molecular weight is 364 g/mol. The van der Waals surface area contributed by atoms with Gasteiger partial charge in [0.2, 0.25) is 5.91 Å². The number of amides is 1. The molecule has 1 unspecified atom stereocenters. The monoisotopic (exact) mass is 363 g/mol. The van der Waals surface area contributed by atoms with Crippen LogP contribution in [0, 0.1) is 12.8 Å². The lowest BCUT2D eigenvalue weighted by Gasteiger charge is -2.33. The third-order valence-electron chi connectivity index (χ3n) is 4.95. The summed E-state index contributed by atoms with van der Waals surface area (Å²) in [6, 6.07) is 10.0. The van der Waals surface area contributed by atoms with E-state index < -0.39 is 0 Å². The molecule has 25 heavy (non-hydrogen) atoms. The number of aromatic nitrogens is 3. The minimum atomic E-state index is 0. The molecule has 1 fully saturated rings. The van der Waals surface area contributed by atoms with Crippen molar-refractivity contribution < 1.29 is 4.79 Å². The fraction of sp³-hybridized carbons (Fsp3) is 0.500. The standard InChI is InChI=1S/C18H25N5O.ClH/c1-13(19)15-8-10-22(11-9-15)18(24)12-17-14(2)23(21-20-17)16-6-4-3-5-7-16;/h3-7,13,15H,8-12,19H2,1-2H3;1H. The van der Waals surface area contributed by atoms with Gasteiger partial charge >= 0.3 is 0 Å². The Labute approximate surface area is 154 Å². The zero-order chi connectivity index (χ0) is 17.1. The minimum Gasteiger partial charge on any atom is -0.342 e. The summed E-state index contributed by atoms with van der Waals surface area (Å²) in [5.41, 5.74) is 8.59. The topological polar surface area (TPSA) is 77.0 Å². The summed E-state index contributed by atoms with van der Waals surface area (Å²) >= 11 is 0. The summed E-state index contributed by atoms with van der Waals surface area (Å²) in [5.74, 6) is 0.649. The van der Waals surface area contributed by atoms with Gasteiger partial charge in [0.15, 0.2) is 0 Å². The van der Waals surface area contributed by atoms with Gasteiger partial charge in [-0.1, -0.05) is 23.4 Å². The van der Waals surface area contributed by atoms with Crippen LogP contribution in [0.3, 0.4) is 0 Å². The molecule has 1 amide bonds. The fourth-order valence-corrected chi connectivity index (χ4v) is 3.27. The quantitative estimate of drug-likeness (QED) is 0.902. The van der Waals surface area contributed by atoms with Crippen LogP contribution >= 0.6 is 12.4 Å². The van der Waals surface area contributed by atoms with Gasteiger partial charge in [0, 0.05) is 19.1 Å². The summed E-state index contributed by atoms with van der Waals surface area (Å²) in [4.78, 5) is 14.5. The van der Waals surface area contributed by atoms with Gasteiger partial charge in [0.25, 0.3) is 0 Å². The van der Waals surface area contributed by atoms with E-state index in [1.54, 1.807) is 4.68 Å². The van der Waals surface area contributed by atoms with E-state index in [0.29, 0.717) is 12.3 Å². The molecule has 2 aromatic rings. The lowest BCUT2D eigenvalue weighted by Crippen LogP contribution is -2.43. The van der Waals surface area contributed by atoms with Crippen molar-refractivity contribution in [2.75, 3.05) is 13.1 Å². The summed E-state index contributed by atoms with van der Waals surface area (Å²) < 4.78 is 1.78. The third kappa shape index (κ3) is 4.38. The maximum absolute atomic E-state index is 12.6. The van der Waals surface area contributed by atoms with E-state index in [2.05, 4.69) is 10.3 Å². The number of nitrogens with zero attached hydrogens (tertiary/aromatic N) is 4. The number of para-hydroxylation sites is 1. The van der Waals surface area contributed by atoms with Gasteiger partial charge in [-0.2, -0.15) is 0 Å². The summed E-state index contributed by atoms with van der Waals surface area (Å²) in [5, 5.41) is 8.41. The Morgan fingerprint density at radius 1 is 1.28 bits per heavy atom. The smallest absolute Gasteiger partial charge is 0.228 e. The number of piperidine rings is 1. The SMILES string of the molecule is Cc1c(CC(=O)N2CCC(C(C)N)CC2)nnn1-c1ccccc1.Cl. The zero-order valence-electron chi connectivity index (χ0n) is 14.8. The Morgan fingerprint density at radius 2 is 1.92 bits per heavy atom. The number of nitrogens with two attached hydrogens (primary N) is 1. The summed E-state index contributed by atoms with van der Waals surface area (Å²) in [6.45, 7) is 5.58. The van der Waals surface area contributed by atoms with Crippen molar-refractivity contribution in [3.8, 4) is 5.69 Å². The van der Waals surface area contributed by atoms with Gasteiger partial charge in [-0.05, 0) is 44.7 Å². The van der Waals surface area contributed by atoms with Crippen molar-refractivity contribution >= 4 is 18.3 Å². The molecule has 1 aliphatic heterocycles. The Balaban J connectivity index is 0.00000225. The number of benzene rings is 1. The second-order valence-electron chi connectivity index (χ2n) is 6.62. The minimum absolute atomic E-state index is 0. The lowest BCUT2D eigenvalue weighted by atomic mass is 9.91. The summed E-state index contributed by atoms with van der Waals surface area (Å²) in [6.07, 6.45) is 2.28. The number of likely N-dealkylation sites (tertiary alicyclic amines) is 1. The molecule has 1 aromatic carbocycles. The fourth-order valence-electron chi connectivity index (χ4n) is 3.27. The van der Waals surface area contributed by atoms with Crippen LogP contribution < -0.4 is 5.73 Å². The number of rotatable bonds is 4. The van der Waals surface area contributed by atoms with E-state index in [4.69, 9.17) is 5.73 Å². The molecule has 2 N–H and O–H groups in total. The van der Waals surface area contributed by atoms with Crippen molar-refractivity contribution in [2.24, 2.45) is 11.7 Å². The highest BCUT2D eigenvalue weighted by Gasteiger charge is 2.25. The number of carbonyl (C=O) groups is 1. The number of halogens is 1. The van der Waals surface area contributed by atoms with Crippen LogP contribution in [-0.2, 0) is 11.2 Å². The van der Waals surface area contributed by atoms with Crippen LogP contribution in [0.15, 0.2) is 30.3 Å². The molecule has 7 heteroatoms. The molecule has 0 aliphatic carbocycles. The van der Waals surface area contributed by atoms with Crippen LogP contribution in [0.1, 0.15) is 31.2 Å². The van der Waals surface area contributed by atoms with Gasteiger partial charge in [-0.25, -0.2) is 4.68 Å². The molecule has 0 saturated carbocycles. The number of hydrogen-bond donors (Lipinski definition) is 1. The second-order valence-corrected chi connectivity index (χ2v) is 6.62. The lowest BCUT2D eigenvalue weighted by molar-refractivity contribution is -0.132. The van der Waals surface area contributed by atoms with E-state index in [0.717, 1.165) is 43.0 Å². The highest BCUT2D eigenvalue weighted by Crippen LogP contribution is 2.20. The van der Waals surface area contributed by atoms with Gasteiger partial charge in [-0.3, -0.25) is 4.79 Å². The Bertz CT molecular complexity index is 693. The van der Waals surface area contributed by atoms with Gasteiger partial charge in [-0.15, -0.1) is 17.5 Å². The van der Waals surface area contributed by atoms with Gasteiger partial charge in [0.1, 0.15) is 0 Å². The predicted molar refractivity (Wildman–Crippen MR) is 100 cm³/mol. The third-order valence-corrected chi connectivity index (χ3v) is 4.95. The Hall–Kier alpha value is -1.92. The van der Waals surface area contributed by atoms with Crippen LogP contribution in [-0.4, -0.2) is 44.9 Å². The molecular formula is C18H26ClN5O. The van der Waals surface area contributed by atoms with Crippen molar-refractivity contribution in [1.29, 1.82) is 0 Å². The van der Waals surface area contributed by atoms with E-state index >= 15 is 0 Å². The highest BCUT2D eigenvalue weighted by atomic mass is 35.5. The van der Waals surface area contributed by atoms with Crippen molar-refractivity contribution in [3.63, 3.8) is 0 Å². The molecule has 1 aromatic heterocycles. The first-order chi connectivity index (χ1) is 11.6. The molecular weight excluding hydrogens is 338 g/mol. The number of carbonyl (C=O) groups excluding carboxylic acids is 1. The summed E-state index contributed by atoms with van der Waals surface area (Å²) in [7, 11) is 0. The number of hydrogen-bond acceptors (Lipinski definition) is 4. The van der Waals surface area contributed by atoms with Crippen LogP contribution in [0.5, 0.6) is 0 Å². The first-order valence-corrected chi connectivity index (χ1v) is 8.56. The highest BCUT2D eigenvalue weighted by molar-refractivity contribution is 5.85. The second kappa shape index (κ2) is 8.45. The van der Waals surface area contributed by atoms with Crippen LogP contribution in [0.25, 0.3) is 5.69 Å². The zero-order valence-corrected chi connectivity index (χ0v) is 15.6. The van der Waals surface area contributed by atoms with Crippen molar-refractivity contribution in [3.05, 3.63) is 41.7 Å². The molecule has 0 radical (unpaired) electrons. The Kier molecular flexibility index (Phi) is 6.56. The molecule has 0 spiro atoms. The molecule has 0 bridgehead atoms. The maximum Gasteiger partial charge on any atom is 0.228 e. The predicted octanol–water partition coefficient (Wildman–Crippen LogP) is 2.13. The van der Waals surface area contributed by atoms with E-state index in [-0.39, 0.29) is 24.4 Å². The molecule has 1 aliphatic rings. The molecule has 1 atom stereocenters. The maximum atomic E-state index is 12.6. The first-order valence-electron chi connectivity index (χ1n) is 8.56. The van der Waals surface area contributed by atoms with Gasteiger partial charge in [0.05, 0.1) is 23.5 Å². The van der Waals surface area contributed by atoms with Crippen LogP contribution in [0.2, 0.25) is 0 Å². The van der Waals surface area contributed by atoms with Crippen molar-refractivity contribution in [2.45, 2.75) is 39.2 Å².